The van der Waals surface area contributed by atoms with Gasteiger partial charge in [0.2, 0.25) is 0 Å². The van der Waals surface area contributed by atoms with Crippen LogP contribution in [0.1, 0.15) is 25.5 Å². The van der Waals surface area contributed by atoms with E-state index in [0.29, 0.717) is 10.8 Å². The molecule has 1 aliphatic carbocycles. The Balaban J connectivity index is 2.11. The summed E-state index contributed by atoms with van der Waals surface area (Å²) in [5, 5.41) is 0.707. The molecule has 0 aliphatic heterocycles. The van der Waals surface area contributed by atoms with E-state index < -0.39 is 0 Å². The van der Waals surface area contributed by atoms with Gasteiger partial charge in [0.25, 0.3) is 0 Å². The van der Waals surface area contributed by atoms with E-state index in [0.717, 1.165) is 24.8 Å². The van der Waals surface area contributed by atoms with Crippen molar-refractivity contribution in [1.29, 1.82) is 0 Å². The molecule has 2 rings (SSSR count). The fourth-order valence-corrected chi connectivity index (χ4v) is 1.97. The first-order valence-electron chi connectivity index (χ1n) is 5.60. The van der Waals surface area contributed by atoms with E-state index >= 15 is 0 Å². The van der Waals surface area contributed by atoms with Gasteiger partial charge in [0.05, 0.1) is 10.7 Å². The molecule has 0 bridgehead atoms. The molecule has 1 saturated carbocycles. The Kier molecular flexibility index (Phi) is 3.63. The summed E-state index contributed by atoms with van der Waals surface area (Å²) in [6, 6.07) is 4.33. The summed E-state index contributed by atoms with van der Waals surface area (Å²) in [7, 11) is 0. The topological polar surface area (TPSA) is 54.2 Å². The quantitative estimate of drug-likeness (QED) is 0.611. The van der Waals surface area contributed by atoms with Crippen LogP contribution >= 0.6 is 11.6 Å². The van der Waals surface area contributed by atoms with Crippen molar-refractivity contribution in [2.75, 3.05) is 12.0 Å². The number of anilines is 1. The molecule has 0 radical (unpaired) electrons. The van der Waals surface area contributed by atoms with Gasteiger partial charge in [0, 0.05) is 12.6 Å². The predicted molar refractivity (Wildman–Crippen MR) is 66.2 cm³/mol. The van der Waals surface area contributed by atoms with Gasteiger partial charge in [-0.2, -0.15) is 0 Å². The van der Waals surface area contributed by atoms with Crippen LogP contribution in [-0.4, -0.2) is 22.5 Å². The van der Waals surface area contributed by atoms with E-state index in [1.165, 1.54) is 12.8 Å². The number of nitrogen functional groups attached to an aromatic ring is 1. The van der Waals surface area contributed by atoms with E-state index in [9.17, 15) is 0 Å². The Morgan fingerprint density at radius 2 is 2.31 bits per heavy atom. The molecule has 0 saturated heterocycles. The van der Waals surface area contributed by atoms with Crippen molar-refractivity contribution >= 4 is 17.4 Å². The zero-order valence-electron chi connectivity index (χ0n) is 9.41. The van der Waals surface area contributed by atoms with Crippen LogP contribution in [0.2, 0.25) is 5.02 Å². The molecule has 1 heterocycles. The van der Waals surface area contributed by atoms with Gasteiger partial charge in [-0.15, -0.1) is 0 Å². The molecule has 1 fully saturated rings. The molecule has 4 nitrogen and oxygen atoms in total. The van der Waals surface area contributed by atoms with Crippen molar-refractivity contribution in [3.05, 3.63) is 22.8 Å². The van der Waals surface area contributed by atoms with Gasteiger partial charge in [-0.25, -0.2) is 10.8 Å². The monoisotopic (exact) mass is 240 g/mol. The number of hydrazine groups is 1. The van der Waals surface area contributed by atoms with Crippen molar-refractivity contribution in [1.82, 2.24) is 9.88 Å². The highest BCUT2D eigenvalue weighted by Gasteiger charge is 2.28. The van der Waals surface area contributed by atoms with Crippen molar-refractivity contribution in [3.8, 4) is 0 Å². The zero-order valence-corrected chi connectivity index (χ0v) is 10.2. The number of aromatic nitrogens is 1. The van der Waals surface area contributed by atoms with Crippen LogP contribution < -0.4 is 11.3 Å². The number of pyridine rings is 1. The van der Waals surface area contributed by atoms with Crippen LogP contribution in [-0.2, 0) is 6.54 Å². The minimum atomic E-state index is 0.659. The normalized spacial score (nSPS) is 15.5. The summed E-state index contributed by atoms with van der Waals surface area (Å²) < 4.78 is 0. The maximum absolute atomic E-state index is 6.12. The number of hydrogen-bond acceptors (Lipinski definition) is 4. The molecule has 3 N–H and O–H groups in total. The fraction of sp³-hybridized carbons (Fsp3) is 0.545. The lowest BCUT2D eigenvalue weighted by molar-refractivity contribution is 0.266. The van der Waals surface area contributed by atoms with Gasteiger partial charge >= 0.3 is 0 Å². The van der Waals surface area contributed by atoms with E-state index in [-0.39, 0.29) is 0 Å². The molecule has 1 aromatic heterocycles. The molecule has 1 aromatic rings. The predicted octanol–water partition coefficient (Wildman–Crippen LogP) is 2.00. The number of nitrogens with one attached hydrogen (secondary N) is 1. The Hall–Kier alpha value is -0.840. The molecule has 0 amide bonds. The summed E-state index contributed by atoms with van der Waals surface area (Å²) in [5.74, 6) is 5.99. The minimum Gasteiger partial charge on any atom is -0.308 e. The minimum absolute atomic E-state index is 0.659. The van der Waals surface area contributed by atoms with E-state index in [1.807, 2.05) is 6.07 Å². The third-order valence-electron chi connectivity index (χ3n) is 2.89. The fourth-order valence-electron chi connectivity index (χ4n) is 1.81. The number of halogens is 1. The molecule has 0 aromatic carbocycles. The van der Waals surface area contributed by atoms with Crippen LogP contribution in [0.4, 0.5) is 5.82 Å². The standard InChI is InChI=1S/C11H17ClN4/c1-2-16(8-3-4-8)7-10-9(12)5-6-11(14-10)15-13/h5-6,8H,2-4,7,13H2,1H3,(H,14,15). The Labute approximate surface area is 101 Å². The van der Waals surface area contributed by atoms with E-state index in [4.69, 9.17) is 17.4 Å². The highest BCUT2D eigenvalue weighted by molar-refractivity contribution is 6.31. The molecule has 88 valence electrons. The van der Waals surface area contributed by atoms with Crippen molar-refractivity contribution < 1.29 is 0 Å². The van der Waals surface area contributed by atoms with Gasteiger partial charge in [-0.05, 0) is 31.5 Å². The molecular formula is C11H17ClN4. The molecular weight excluding hydrogens is 224 g/mol. The van der Waals surface area contributed by atoms with E-state index in [2.05, 4.69) is 22.2 Å². The summed E-state index contributed by atoms with van der Waals surface area (Å²) in [6.07, 6.45) is 2.58. The number of rotatable bonds is 5. The lowest BCUT2D eigenvalue weighted by Crippen LogP contribution is -2.26. The van der Waals surface area contributed by atoms with Crippen LogP contribution in [0.3, 0.4) is 0 Å². The molecule has 5 heteroatoms. The first-order chi connectivity index (χ1) is 7.74. The van der Waals surface area contributed by atoms with Crippen LogP contribution in [0, 0.1) is 0 Å². The second kappa shape index (κ2) is 4.99. The Bertz CT molecular complexity index is 365. The van der Waals surface area contributed by atoms with Gasteiger partial charge in [0.15, 0.2) is 0 Å². The summed E-state index contributed by atoms with van der Waals surface area (Å²) in [6.45, 7) is 4.00. The van der Waals surface area contributed by atoms with Crippen LogP contribution in [0.5, 0.6) is 0 Å². The second-order valence-corrected chi connectivity index (χ2v) is 4.47. The first kappa shape index (κ1) is 11.6. The second-order valence-electron chi connectivity index (χ2n) is 4.06. The average molecular weight is 241 g/mol. The van der Waals surface area contributed by atoms with Crippen LogP contribution in [0.25, 0.3) is 0 Å². The highest BCUT2D eigenvalue weighted by Crippen LogP contribution is 2.29. The zero-order chi connectivity index (χ0) is 11.5. The van der Waals surface area contributed by atoms with Crippen molar-refractivity contribution in [2.45, 2.75) is 32.4 Å². The SMILES string of the molecule is CCN(Cc1nc(NN)ccc1Cl)C1CC1. The third kappa shape index (κ3) is 2.64. The van der Waals surface area contributed by atoms with Crippen LogP contribution in [0.15, 0.2) is 12.1 Å². The summed E-state index contributed by atoms with van der Waals surface area (Å²) in [4.78, 5) is 6.78. The molecule has 0 spiro atoms. The molecule has 0 unspecified atom stereocenters. The first-order valence-corrected chi connectivity index (χ1v) is 5.98. The molecule has 0 atom stereocenters. The average Bonchev–Trinajstić information content (AvgIpc) is 3.12. The molecule has 16 heavy (non-hydrogen) atoms. The van der Waals surface area contributed by atoms with Crippen molar-refractivity contribution in [2.24, 2.45) is 5.84 Å². The Morgan fingerprint density at radius 3 is 2.88 bits per heavy atom. The highest BCUT2D eigenvalue weighted by atomic mass is 35.5. The maximum atomic E-state index is 6.12. The summed E-state index contributed by atoms with van der Waals surface area (Å²) in [5.41, 5.74) is 3.44. The van der Waals surface area contributed by atoms with E-state index in [1.54, 1.807) is 6.07 Å². The van der Waals surface area contributed by atoms with Gasteiger partial charge in [-0.1, -0.05) is 18.5 Å². The Morgan fingerprint density at radius 1 is 1.56 bits per heavy atom. The van der Waals surface area contributed by atoms with Gasteiger partial charge in [-0.3, -0.25) is 4.90 Å². The lowest BCUT2D eigenvalue weighted by atomic mass is 10.3. The number of nitrogens with two attached hydrogens (primary N) is 1. The summed E-state index contributed by atoms with van der Waals surface area (Å²) >= 11 is 6.12. The maximum Gasteiger partial charge on any atom is 0.140 e. The third-order valence-corrected chi connectivity index (χ3v) is 3.23. The largest absolute Gasteiger partial charge is 0.308 e. The number of hydrogen-bond donors (Lipinski definition) is 2. The van der Waals surface area contributed by atoms with Crippen molar-refractivity contribution in [3.63, 3.8) is 0 Å². The number of nitrogens with zero attached hydrogens (tertiary/aromatic N) is 2. The smallest absolute Gasteiger partial charge is 0.140 e. The van der Waals surface area contributed by atoms with Gasteiger partial charge in [0.1, 0.15) is 5.82 Å². The molecule has 1 aliphatic rings. The lowest BCUT2D eigenvalue weighted by Gasteiger charge is -2.20. The van der Waals surface area contributed by atoms with Gasteiger partial charge < -0.3 is 5.43 Å².